The van der Waals surface area contributed by atoms with Crippen molar-refractivity contribution in [2.75, 3.05) is 25.2 Å². The monoisotopic (exact) mass is 614 g/mol. The number of halogens is 2. The van der Waals surface area contributed by atoms with Crippen molar-refractivity contribution in [1.29, 1.82) is 0 Å². The molecule has 0 aliphatic rings. The fourth-order valence-electron chi connectivity index (χ4n) is 4.14. The molecule has 0 aliphatic heterocycles. The van der Waals surface area contributed by atoms with Gasteiger partial charge in [0.1, 0.15) is 33.8 Å². The van der Waals surface area contributed by atoms with Crippen molar-refractivity contribution < 1.29 is 33.6 Å². The van der Waals surface area contributed by atoms with Crippen LogP contribution < -0.4 is 19.1 Å². The molecule has 0 radical (unpaired) electrons. The molecule has 12 nitrogen and oxygen atoms in total. The number of methoxy groups -OCH3 is 1. The molecule has 42 heavy (non-hydrogen) atoms. The predicted molar refractivity (Wildman–Crippen MR) is 154 cm³/mol. The van der Waals surface area contributed by atoms with Gasteiger partial charge in [0.05, 0.1) is 49.6 Å². The van der Waals surface area contributed by atoms with Gasteiger partial charge in [0.2, 0.25) is 0 Å². The second-order valence-electron chi connectivity index (χ2n) is 9.03. The minimum atomic E-state index is -1.29. The van der Waals surface area contributed by atoms with E-state index in [1.54, 1.807) is 39.3 Å². The van der Waals surface area contributed by atoms with E-state index in [2.05, 4.69) is 24.9 Å². The van der Waals surface area contributed by atoms with E-state index in [0.717, 1.165) is 10.3 Å². The number of aliphatic hydroxyl groups is 1. The second kappa shape index (κ2) is 12.2. The maximum absolute atomic E-state index is 15.1. The van der Waals surface area contributed by atoms with E-state index < -0.39 is 24.1 Å². The van der Waals surface area contributed by atoms with E-state index in [0.29, 0.717) is 37.2 Å². The van der Waals surface area contributed by atoms with Crippen molar-refractivity contribution in [3.63, 3.8) is 0 Å². The Balaban J connectivity index is 1.41. The number of rotatable bonds is 10. The highest BCUT2D eigenvalue weighted by atomic mass is 35.5. The quantitative estimate of drug-likeness (QED) is 0.213. The first-order chi connectivity index (χ1) is 20.2. The smallest absolute Gasteiger partial charge is 0.412 e. The number of fused-ring (bicyclic) bond motifs is 2. The van der Waals surface area contributed by atoms with Crippen molar-refractivity contribution in [2.24, 2.45) is 0 Å². The fraction of sp³-hybridized carbons (Fsp3) is 0.259. The van der Waals surface area contributed by atoms with Gasteiger partial charge in [-0.25, -0.2) is 24.1 Å². The number of thiazole rings is 1. The molecular weight excluding hydrogens is 591 g/mol. The lowest BCUT2D eigenvalue weighted by Gasteiger charge is -2.30. The zero-order valence-corrected chi connectivity index (χ0v) is 24.1. The summed E-state index contributed by atoms with van der Waals surface area (Å²) in [6, 6.07) is 5.70. The largest absolute Gasteiger partial charge is 0.495 e. The van der Waals surface area contributed by atoms with Gasteiger partial charge in [-0.3, -0.25) is 9.88 Å². The van der Waals surface area contributed by atoms with E-state index in [-0.39, 0.29) is 30.8 Å². The Bertz CT molecular complexity index is 1760. The Kier molecular flexibility index (Phi) is 8.47. The minimum absolute atomic E-state index is 0.00473. The molecule has 1 aromatic carbocycles. The number of aromatic nitrogens is 5. The highest BCUT2D eigenvalue weighted by Gasteiger charge is 2.29. The van der Waals surface area contributed by atoms with Crippen molar-refractivity contribution in [3.8, 4) is 28.2 Å². The Morgan fingerprint density at radius 3 is 2.57 bits per heavy atom. The van der Waals surface area contributed by atoms with Crippen LogP contribution >= 0.6 is 22.9 Å². The fourth-order valence-corrected chi connectivity index (χ4v) is 5.30. The van der Waals surface area contributed by atoms with Crippen LogP contribution in [0, 0.1) is 5.82 Å². The molecule has 0 aliphatic carbocycles. The normalized spacial score (nSPS) is 12.7. The minimum Gasteiger partial charge on any atom is -0.495 e. The number of hydrogen-bond acceptors (Lipinski definition) is 11. The van der Waals surface area contributed by atoms with Crippen LogP contribution in [-0.4, -0.2) is 73.7 Å². The van der Waals surface area contributed by atoms with Gasteiger partial charge in [0, 0.05) is 22.0 Å². The Morgan fingerprint density at radius 2 is 1.88 bits per heavy atom. The molecule has 0 saturated carbocycles. The van der Waals surface area contributed by atoms with Gasteiger partial charge in [-0.05, 0) is 32.0 Å². The van der Waals surface area contributed by atoms with E-state index in [9.17, 15) is 9.90 Å². The maximum Gasteiger partial charge on any atom is 0.412 e. The highest BCUT2D eigenvalue weighted by molar-refractivity contribution is 7.21. The van der Waals surface area contributed by atoms with Crippen LogP contribution in [0.3, 0.4) is 0 Å². The van der Waals surface area contributed by atoms with Crippen LogP contribution in [0.1, 0.15) is 13.8 Å². The number of ether oxygens (including phenoxy) is 3. The van der Waals surface area contributed by atoms with E-state index in [4.69, 9.17) is 30.9 Å². The van der Waals surface area contributed by atoms with Gasteiger partial charge in [0.15, 0.2) is 5.82 Å². The average Bonchev–Trinajstić information content (AvgIpc) is 3.38. The van der Waals surface area contributed by atoms with Gasteiger partial charge in [0.25, 0.3) is 5.88 Å². The first-order valence-corrected chi connectivity index (χ1v) is 13.7. The van der Waals surface area contributed by atoms with Gasteiger partial charge in [-0.1, -0.05) is 22.9 Å². The molecule has 5 rings (SSSR count). The lowest BCUT2D eigenvalue weighted by Crippen LogP contribution is -2.46. The highest BCUT2D eigenvalue weighted by Crippen LogP contribution is 2.37. The lowest BCUT2D eigenvalue weighted by molar-refractivity contribution is 0.162. The van der Waals surface area contributed by atoms with Crippen LogP contribution in [0.15, 0.2) is 42.9 Å². The second-order valence-corrected chi connectivity index (χ2v) is 10.4. The van der Waals surface area contributed by atoms with Gasteiger partial charge in [-0.2, -0.15) is 4.98 Å². The summed E-state index contributed by atoms with van der Waals surface area (Å²) in [5.74, 6) is -0.482. The Morgan fingerprint density at radius 1 is 1.12 bits per heavy atom. The molecule has 1 amide bonds. The zero-order chi connectivity index (χ0) is 30.0. The SMILES string of the molecule is COc1cnc2c(-c3nc4cc(F)c(O[C@@H](C)[C@@H](C)N(C(=O)O)c5cnc(OCCO)nc5)nc4s3)cc(Cl)cc2c1. The molecule has 0 bridgehead atoms. The zero-order valence-electron chi connectivity index (χ0n) is 22.5. The molecule has 4 aromatic heterocycles. The number of amides is 1. The van der Waals surface area contributed by atoms with Crippen molar-refractivity contribution in [1.82, 2.24) is 24.9 Å². The number of hydrogen-bond donors (Lipinski definition) is 2. The van der Waals surface area contributed by atoms with E-state index in [1.807, 2.05) is 6.07 Å². The van der Waals surface area contributed by atoms with Gasteiger partial charge < -0.3 is 24.4 Å². The average molecular weight is 615 g/mol. The maximum atomic E-state index is 15.1. The van der Waals surface area contributed by atoms with Gasteiger partial charge >= 0.3 is 12.1 Å². The summed E-state index contributed by atoms with van der Waals surface area (Å²) < 4.78 is 31.3. The predicted octanol–water partition coefficient (Wildman–Crippen LogP) is 5.21. The summed E-state index contributed by atoms with van der Waals surface area (Å²) in [5.41, 5.74) is 1.76. The van der Waals surface area contributed by atoms with Crippen molar-refractivity contribution in [3.05, 3.63) is 53.7 Å². The molecule has 0 fully saturated rings. The van der Waals surface area contributed by atoms with Crippen molar-refractivity contribution >= 4 is 56.0 Å². The summed E-state index contributed by atoms with van der Waals surface area (Å²) in [5, 5.41) is 20.5. The van der Waals surface area contributed by atoms with Crippen LogP contribution in [0.25, 0.3) is 31.8 Å². The molecule has 15 heteroatoms. The summed E-state index contributed by atoms with van der Waals surface area (Å²) in [6.07, 6.45) is 2.00. The molecular formula is C27H24ClFN6O6S. The summed E-state index contributed by atoms with van der Waals surface area (Å²) in [7, 11) is 1.55. The molecule has 5 aromatic rings. The first-order valence-electron chi connectivity index (χ1n) is 12.5. The third-order valence-electron chi connectivity index (χ3n) is 6.30. The Labute approximate surface area is 247 Å². The third-order valence-corrected chi connectivity index (χ3v) is 7.52. The van der Waals surface area contributed by atoms with Crippen LogP contribution in [-0.2, 0) is 0 Å². The van der Waals surface area contributed by atoms with E-state index >= 15 is 4.39 Å². The van der Waals surface area contributed by atoms with Gasteiger partial charge in [-0.15, -0.1) is 0 Å². The number of nitrogens with zero attached hydrogens (tertiary/aromatic N) is 6. The summed E-state index contributed by atoms with van der Waals surface area (Å²) in [4.78, 5) is 34.9. The number of anilines is 1. The first kappa shape index (κ1) is 29.1. The molecule has 2 N–H and O–H groups in total. The molecule has 4 heterocycles. The lowest BCUT2D eigenvalue weighted by atomic mass is 10.1. The number of carboxylic acid groups (broad SMARTS) is 1. The molecule has 2 atom stereocenters. The summed E-state index contributed by atoms with van der Waals surface area (Å²) in [6.45, 7) is 2.97. The van der Waals surface area contributed by atoms with E-state index in [1.165, 1.54) is 29.8 Å². The topological polar surface area (TPSA) is 153 Å². The summed E-state index contributed by atoms with van der Waals surface area (Å²) >= 11 is 7.58. The molecule has 0 spiro atoms. The van der Waals surface area contributed by atoms with Crippen LogP contribution in [0.4, 0.5) is 14.9 Å². The number of pyridine rings is 2. The molecule has 0 unspecified atom stereocenters. The van der Waals surface area contributed by atoms with Crippen molar-refractivity contribution in [2.45, 2.75) is 26.0 Å². The van der Waals surface area contributed by atoms with Crippen LogP contribution in [0.2, 0.25) is 5.02 Å². The number of carbonyl (C=O) groups is 1. The molecule has 0 saturated heterocycles. The number of benzene rings is 1. The Hall–Kier alpha value is -4.40. The molecule has 218 valence electrons. The van der Waals surface area contributed by atoms with Crippen LogP contribution in [0.5, 0.6) is 17.6 Å². The number of aliphatic hydroxyl groups excluding tert-OH is 1. The standard InChI is InChI=1S/C27H24ClFN6O6S/c1-13(35(27(37)38)17-10-31-26(32-11-17)40-5-4-36)14(2)41-23-20(29)9-21-25(34-23)42-24(33-21)19-8-16(28)6-15-7-18(39-3)12-30-22(15)19/h6-14,36H,4-5H2,1-3H3,(H,37,38)/t13-,14+/m1/s1. The third kappa shape index (κ3) is 5.95.